The second-order valence-corrected chi connectivity index (χ2v) is 6.43. The molecule has 0 radical (unpaired) electrons. The Hall–Kier alpha value is -2.69. The van der Waals surface area contributed by atoms with E-state index in [0.717, 1.165) is 41.8 Å². The van der Waals surface area contributed by atoms with Gasteiger partial charge >= 0.3 is 0 Å². The molecule has 1 amide bonds. The Bertz CT molecular complexity index is 886. The highest BCUT2D eigenvalue weighted by Gasteiger charge is 2.27. The normalized spacial score (nSPS) is 18.0. The van der Waals surface area contributed by atoms with Crippen molar-refractivity contribution >= 4 is 16.8 Å². The van der Waals surface area contributed by atoms with Gasteiger partial charge in [0.2, 0.25) is 0 Å². The van der Waals surface area contributed by atoms with E-state index in [0.29, 0.717) is 12.2 Å². The van der Waals surface area contributed by atoms with Crippen molar-refractivity contribution in [2.45, 2.75) is 25.7 Å². The molecule has 0 bridgehead atoms. The minimum absolute atomic E-state index is 0.00808. The molecule has 0 spiro atoms. The van der Waals surface area contributed by atoms with E-state index in [1.807, 2.05) is 54.4 Å². The van der Waals surface area contributed by atoms with Crippen molar-refractivity contribution < 1.29 is 4.79 Å². The Kier molecular flexibility index (Phi) is 3.76. The number of rotatable bonds is 2. The third kappa shape index (κ3) is 2.77. The van der Waals surface area contributed by atoms with E-state index >= 15 is 0 Å². The molecule has 0 aliphatic carbocycles. The van der Waals surface area contributed by atoms with Gasteiger partial charge in [-0.2, -0.15) is 0 Å². The van der Waals surface area contributed by atoms with Crippen LogP contribution in [0.15, 0.2) is 42.6 Å². The lowest BCUT2D eigenvalue weighted by molar-refractivity contribution is 0.0699. The maximum absolute atomic E-state index is 12.9. The highest BCUT2D eigenvalue weighted by molar-refractivity contribution is 5.95. The van der Waals surface area contributed by atoms with E-state index in [2.05, 4.69) is 15.0 Å². The largest absolute Gasteiger partial charge is 0.346 e. The van der Waals surface area contributed by atoms with Gasteiger partial charge in [0.1, 0.15) is 11.5 Å². The Morgan fingerprint density at radius 2 is 2.12 bits per heavy atom. The minimum atomic E-state index is 0.00808. The summed E-state index contributed by atoms with van der Waals surface area (Å²) < 4.78 is 0. The number of likely N-dealkylation sites (tertiary alicyclic amines) is 1. The van der Waals surface area contributed by atoms with Gasteiger partial charge in [-0.1, -0.05) is 24.3 Å². The number of hydrogen-bond acceptors (Lipinski definition) is 3. The number of hydrogen-bond donors (Lipinski definition) is 1. The lowest BCUT2D eigenvalue weighted by Crippen LogP contribution is -2.39. The van der Waals surface area contributed by atoms with Gasteiger partial charge in [-0.15, -0.1) is 0 Å². The highest BCUT2D eigenvalue weighted by atomic mass is 16.2. The molecule has 1 saturated heterocycles. The van der Waals surface area contributed by atoms with Crippen LogP contribution in [0.5, 0.6) is 0 Å². The maximum atomic E-state index is 12.9. The molecule has 3 aromatic rings. The molecule has 122 valence electrons. The zero-order valence-corrected chi connectivity index (χ0v) is 13.7. The number of carbonyl (C=O) groups excluding carboxylic acids is 1. The van der Waals surface area contributed by atoms with Crippen LogP contribution in [0.25, 0.3) is 10.9 Å². The zero-order chi connectivity index (χ0) is 16.5. The molecule has 2 aromatic heterocycles. The second kappa shape index (κ2) is 6.07. The summed E-state index contributed by atoms with van der Waals surface area (Å²) in [6, 6.07) is 11.7. The van der Waals surface area contributed by atoms with E-state index in [9.17, 15) is 4.79 Å². The van der Waals surface area contributed by atoms with Gasteiger partial charge < -0.3 is 9.88 Å². The number of H-pyrrole nitrogens is 1. The van der Waals surface area contributed by atoms with Crippen molar-refractivity contribution in [2.24, 2.45) is 0 Å². The Morgan fingerprint density at radius 1 is 1.25 bits per heavy atom. The monoisotopic (exact) mass is 320 g/mol. The lowest BCUT2D eigenvalue weighted by Gasteiger charge is -2.31. The maximum Gasteiger partial charge on any atom is 0.272 e. The molecule has 1 fully saturated rings. The number of para-hydroxylation sites is 1. The second-order valence-electron chi connectivity index (χ2n) is 6.43. The van der Waals surface area contributed by atoms with Gasteiger partial charge in [-0.3, -0.25) is 4.79 Å². The van der Waals surface area contributed by atoms with Crippen LogP contribution >= 0.6 is 0 Å². The van der Waals surface area contributed by atoms with Crippen molar-refractivity contribution in [3.05, 3.63) is 59.8 Å². The number of imidazole rings is 1. The van der Waals surface area contributed by atoms with E-state index in [4.69, 9.17) is 0 Å². The van der Waals surface area contributed by atoms with Crippen LogP contribution < -0.4 is 0 Å². The topological polar surface area (TPSA) is 61.9 Å². The number of pyridine rings is 1. The zero-order valence-electron chi connectivity index (χ0n) is 13.7. The summed E-state index contributed by atoms with van der Waals surface area (Å²) in [4.78, 5) is 27.0. The summed E-state index contributed by atoms with van der Waals surface area (Å²) in [5, 5.41) is 1.05. The predicted octanol–water partition coefficient (Wildman–Crippen LogP) is 3.29. The average molecular weight is 320 g/mol. The lowest BCUT2D eigenvalue weighted by atomic mass is 9.97. The molecule has 1 atom stereocenters. The number of amides is 1. The van der Waals surface area contributed by atoms with E-state index in [-0.39, 0.29) is 11.8 Å². The van der Waals surface area contributed by atoms with Crippen LogP contribution in [0.3, 0.4) is 0 Å². The van der Waals surface area contributed by atoms with Gasteiger partial charge in [-0.25, -0.2) is 9.97 Å². The highest BCUT2D eigenvalue weighted by Crippen LogP contribution is 2.26. The Morgan fingerprint density at radius 3 is 2.96 bits per heavy atom. The van der Waals surface area contributed by atoms with Gasteiger partial charge in [0.05, 0.1) is 5.52 Å². The predicted molar refractivity (Wildman–Crippen MR) is 92.9 cm³/mol. The molecular weight excluding hydrogens is 300 g/mol. The van der Waals surface area contributed by atoms with Gasteiger partial charge in [0.25, 0.3) is 5.91 Å². The molecule has 5 heteroatoms. The number of aryl methyl sites for hydroxylation is 1. The average Bonchev–Trinajstić information content (AvgIpc) is 3.07. The quantitative estimate of drug-likeness (QED) is 0.788. The van der Waals surface area contributed by atoms with Gasteiger partial charge in [-0.05, 0) is 31.9 Å². The molecule has 4 rings (SSSR count). The molecule has 1 unspecified atom stereocenters. The summed E-state index contributed by atoms with van der Waals surface area (Å²) in [6.07, 6.45) is 3.90. The van der Waals surface area contributed by atoms with Crippen molar-refractivity contribution in [1.29, 1.82) is 0 Å². The molecule has 1 aliphatic heterocycles. The van der Waals surface area contributed by atoms with Crippen LogP contribution in [0.4, 0.5) is 0 Å². The number of aromatic nitrogens is 3. The summed E-state index contributed by atoms with van der Waals surface area (Å²) in [6.45, 7) is 3.48. The Labute approximate surface area is 140 Å². The summed E-state index contributed by atoms with van der Waals surface area (Å²) in [7, 11) is 0. The van der Waals surface area contributed by atoms with Crippen LogP contribution in [0, 0.1) is 6.92 Å². The molecule has 1 aliphatic rings. The number of carbonyl (C=O) groups is 1. The van der Waals surface area contributed by atoms with E-state index < -0.39 is 0 Å². The smallest absolute Gasteiger partial charge is 0.272 e. The standard InChI is InChI=1S/C19H20N4O/c1-13-11-20-18(21-13)15-6-4-10-23(12-15)19(24)17-9-8-14-5-2-3-7-16(14)22-17/h2-3,5,7-9,11,15H,4,6,10,12H2,1H3,(H,20,21). The van der Waals surface area contributed by atoms with Crippen molar-refractivity contribution in [2.75, 3.05) is 13.1 Å². The van der Waals surface area contributed by atoms with Crippen molar-refractivity contribution in [3.8, 4) is 0 Å². The van der Waals surface area contributed by atoms with Crippen molar-refractivity contribution in [3.63, 3.8) is 0 Å². The van der Waals surface area contributed by atoms with Crippen LogP contribution in [0.2, 0.25) is 0 Å². The fraction of sp³-hybridized carbons (Fsp3) is 0.316. The van der Waals surface area contributed by atoms with Gasteiger partial charge in [0, 0.05) is 36.3 Å². The van der Waals surface area contributed by atoms with Gasteiger partial charge in [0.15, 0.2) is 0 Å². The third-order valence-corrected chi connectivity index (χ3v) is 4.64. The number of nitrogens with zero attached hydrogens (tertiary/aromatic N) is 3. The van der Waals surface area contributed by atoms with Crippen LogP contribution in [0.1, 0.15) is 40.8 Å². The first-order valence-electron chi connectivity index (χ1n) is 8.37. The fourth-order valence-corrected chi connectivity index (χ4v) is 3.37. The number of aromatic amines is 1. The number of fused-ring (bicyclic) bond motifs is 1. The fourth-order valence-electron chi connectivity index (χ4n) is 3.37. The number of piperidine rings is 1. The SMILES string of the molecule is Cc1cnc(C2CCCN(C(=O)c3ccc4ccccc4n3)C2)[nH]1. The molecule has 5 nitrogen and oxygen atoms in total. The molecule has 24 heavy (non-hydrogen) atoms. The van der Waals surface area contributed by atoms with E-state index in [1.54, 1.807) is 0 Å². The molecule has 1 aromatic carbocycles. The summed E-state index contributed by atoms with van der Waals surface area (Å²) in [5.41, 5.74) is 2.44. The first-order chi connectivity index (χ1) is 11.7. The minimum Gasteiger partial charge on any atom is -0.346 e. The molecule has 3 heterocycles. The molecule has 1 N–H and O–H groups in total. The number of nitrogens with one attached hydrogen (secondary N) is 1. The first-order valence-corrected chi connectivity index (χ1v) is 8.37. The van der Waals surface area contributed by atoms with Crippen molar-refractivity contribution in [1.82, 2.24) is 19.9 Å². The number of benzene rings is 1. The summed E-state index contributed by atoms with van der Waals surface area (Å²) >= 11 is 0. The third-order valence-electron chi connectivity index (χ3n) is 4.64. The van der Waals surface area contributed by atoms with Crippen LogP contribution in [-0.2, 0) is 0 Å². The Balaban J connectivity index is 1.56. The van der Waals surface area contributed by atoms with E-state index in [1.165, 1.54) is 0 Å². The van der Waals surface area contributed by atoms with Crippen LogP contribution in [-0.4, -0.2) is 38.8 Å². The summed E-state index contributed by atoms with van der Waals surface area (Å²) in [5.74, 6) is 1.27. The molecular formula is C19H20N4O. The molecule has 0 saturated carbocycles. The first kappa shape index (κ1) is 14.9.